The lowest BCUT2D eigenvalue weighted by atomic mass is 10.0. The van der Waals surface area contributed by atoms with Crippen molar-refractivity contribution in [2.75, 3.05) is 11.9 Å². The van der Waals surface area contributed by atoms with Crippen LogP contribution in [0.15, 0.2) is 72.6 Å². The minimum absolute atomic E-state index is 0.108. The largest absolute Gasteiger partial charge is 0.494 e. The Morgan fingerprint density at radius 3 is 2.28 bits per heavy atom. The number of imide groups is 1. The number of ether oxygens (including phenoxy) is 1. The molecule has 0 saturated carbocycles. The van der Waals surface area contributed by atoms with E-state index in [1.807, 2.05) is 39.0 Å². The third kappa shape index (κ3) is 4.39. The zero-order valence-corrected chi connectivity index (χ0v) is 18.4. The second-order valence-corrected chi connectivity index (χ2v) is 7.73. The molecule has 6 nitrogen and oxygen atoms in total. The average Bonchev–Trinajstić information content (AvgIpc) is 2.99. The van der Waals surface area contributed by atoms with Gasteiger partial charge in [0.2, 0.25) is 0 Å². The van der Waals surface area contributed by atoms with Gasteiger partial charge >= 0.3 is 0 Å². The summed E-state index contributed by atoms with van der Waals surface area (Å²) in [5, 5.41) is 3.22. The number of nitrogens with zero attached hydrogens (tertiary/aromatic N) is 2. The summed E-state index contributed by atoms with van der Waals surface area (Å²) in [5.74, 6) is -0.0110. The topological polar surface area (TPSA) is 71.5 Å². The molecule has 0 fully saturated rings. The van der Waals surface area contributed by atoms with Crippen molar-refractivity contribution in [2.24, 2.45) is 0 Å². The van der Waals surface area contributed by atoms with E-state index in [0.717, 1.165) is 16.8 Å². The molecule has 0 spiro atoms. The summed E-state index contributed by atoms with van der Waals surface area (Å²) < 4.78 is 5.52. The van der Waals surface area contributed by atoms with E-state index in [0.29, 0.717) is 29.2 Å². The van der Waals surface area contributed by atoms with Gasteiger partial charge in [0.1, 0.15) is 11.4 Å². The summed E-state index contributed by atoms with van der Waals surface area (Å²) in [7, 11) is 0. The summed E-state index contributed by atoms with van der Waals surface area (Å²) in [6, 6.07) is 18.6. The maximum Gasteiger partial charge on any atom is 0.278 e. The highest BCUT2D eigenvalue weighted by atomic mass is 16.5. The molecule has 1 N–H and O–H groups in total. The van der Waals surface area contributed by atoms with Gasteiger partial charge in [-0.1, -0.05) is 24.3 Å². The van der Waals surface area contributed by atoms with E-state index in [1.54, 1.807) is 42.6 Å². The zero-order valence-electron chi connectivity index (χ0n) is 18.4. The number of anilines is 1. The summed E-state index contributed by atoms with van der Waals surface area (Å²) in [5.41, 5.74) is 4.81. The minimum Gasteiger partial charge on any atom is -0.494 e. The number of benzene rings is 2. The van der Waals surface area contributed by atoms with Crippen molar-refractivity contribution in [2.45, 2.75) is 27.3 Å². The highest BCUT2D eigenvalue weighted by Gasteiger charge is 2.39. The number of nitrogens with one attached hydrogen (secondary N) is 1. The molecule has 2 aromatic carbocycles. The molecule has 4 rings (SSSR count). The van der Waals surface area contributed by atoms with Crippen LogP contribution in [0.1, 0.15) is 29.3 Å². The summed E-state index contributed by atoms with van der Waals surface area (Å²) in [4.78, 5) is 32.3. The van der Waals surface area contributed by atoms with Crippen LogP contribution < -0.4 is 10.1 Å². The molecule has 0 radical (unpaired) electrons. The van der Waals surface area contributed by atoms with E-state index in [1.165, 1.54) is 4.90 Å². The van der Waals surface area contributed by atoms with Crippen LogP contribution in [0.2, 0.25) is 0 Å². The van der Waals surface area contributed by atoms with Crippen molar-refractivity contribution < 1.29 is 14.3 Å². The zero-order chi connectivity index (χ0) is 22.7. The monoisotopic (exact) mass is 427 g/mol. The third-order valence-corrected chi connectivity index (χ3v) is 5.16. The number of hydrogen-bond donors (Lipinski definition) is 1. The lowest BCUT2D eigenvalue weighted by molar-refractivity contribution is -0.137. The van der Waals surface area contributed by atoms with Crippen molar-refractivity contribution in [3.63, 3.8) is 0 Å². The molecule has 0 unspecified atom stereocenters. The van der Waals surface area contributed by atoms with Gasteiger partial charge in [-0.25, -0.2) is 0 Å². The van der Waals surface area contributed by atoms with E-state index in [4.69, 9.17) is 4.74 Å². The number of aryl methyl sites for hydroxylation is 2. The SMILES string of the molecule is CCOc1ccc(C2=C(Nc3cc(C)cc(C)c3)C(=O)N(Cc3ccccn3)C2=O)cc1. The highest BCUT2D eigenvalue weighted by molar-refractivity contribution is 6.36. The van der Waals surface area contributed by atoms with Gasteiger partial charge in [-0.15, -0.1) is 0 Å². The van der Waals surface area contributed by atoms with Crippen LogP contribution in [0.25, 0.3) is 5.57 Å². The number of rotatable bonds is 7. The van der Waals surface area contributed by atoms with Crippen LogP contribution in [-0.2, 0) is 16.1 Å². The van der Waals surface area contributed by atoms with Crippen LogP contribution >= 0.6 is 0 Å². The van der Waals surface area contributed by atoms with E-state index in [-0.39, 0.29) is 24.1 Å². The second-order valence-electron chi connectivity index (χ2n) is 7.73. The number of carbonyl (C=O) groups is 2. The Hall–Kier alpha value is -3.93. The van der Waals surface area contributed by atoms with Gasteiger partial charge < -0.3 is 10.1 Å². The number of hydrogen-bond acceptors (Lipinski definition) is 5. The maximum absolute atomic E-state index is 13.4. The maximum atomic E-state index is 13.4. The van der Waals surface area contributed by atoms with Gasteiger partial charge in [0.05, 0.1) is 24.4 Å². The van der Waals surface area contributed by atoms with E-state index >= 15 is 0 Å². The fourth-order valence-electron chi connectivity index (χ4n) is 3.83. The molecule has 162 valence electrons. The van der Waals surface area contributed by atoms with Gasteiger partial charge in [-0.3, -0.25) is 19.5 Å². The Morgan fingerprint density at radius 1 is 0.938 bits per heavy atom. The fraction of sp³-hybridized carbons (Fsp3) is 0.192. The van der Waals surface area contributed by atoms with Crippen LogP contribution in [0, 0.1) is 13.8 Å². The summed E-state index contributed by atoms with van der Waals surface area (Å²) >= 11 is 0. The van der Waals surface area contributed by atoms with Crippen LogP contribution in [0.4, 0.5) is 5.69 Å². The minimum atomic E-state index is -0.372. The number of carbonyl (C=O) groups excluding carboxylic acids is 2. The lowest BCUT2D eigenvalue weighted by Gasteiger charge is -2.15. The van der Waals surface area contributed by atoms with E-state index in [2.05, 4.69) is 16.4 Å². The molecular weight excluding hydrogens is 402 g/mol. The van der Waals surface area contributed by atoms with Gasteiger partial charge in [0, 0.05) is 11.9 Å². The Kier molecular flexibility index (Phi) is 6.03. The molecule has 1 aliphatic heterocycles. The number of pyridine rings is 1. The second kappa shape index (κ2) is 9.06. The van der Waals surface area contributed by atoms with Crippen molar-refractivity contribution >= 4 is 23.1 Å². The molecular formula is C26H25N3O3. The van der Waals surface area contributed by atoms with Crippen molar-refractivity contribution in [1.82, 2.24) is 9.88 Å². The van der Waals surface area contributed by atoms with Gasteiger partial charge in [-0.05, 0) is 73.9 Å². The van der Waals surface area contributed by atoms with Crippen molar-refractivity contribution in [3.8, 4) is 5.75 Å². The highest BCUT2D eigenvalue weighted by Crippen LogP contribution is 2.32. The van der Waals surface area contributed by atoms with Gasteiger partial charge in [0.25, 0.3) is 11.8 Å². The Bertz CT molecular complexity index is 1160. The van der Waals surface area contributed by atoms with E-state index < -0.39 is 0 Å². The number of amides is 2. The quantitative estimate of drug-likeness (QED) is 0.563. The lowest BCUT2D eigenvalue weighted by Crippen LogP contribution is -2.32. The van der Waals surface area contributed by atoms with Crippen LogP contribution in [0.3, 0.4) is 0 Å². The first kappa shape index (κ1) is 21.3. The van der Waals surface area contributed by atoms with Crippen LogP contribution in [-0.4, -0.2) is 28.3 Å². The molecule has 0 atom stereocenters. The Labute approximate surface area is 187 Å². The molecule has 0 bridgehead atoms. The number of aromatic nitrogens is 1. The van der Waals surface area contributed by atoms with Crippen molar-refractivity contribution in [3.05, 3.63) is 94.9 Å². The first-order chi connectivity index (χ1) is 15.5. The first-order valence-corrected chi connectivity index (χ1v) is 10.5. The van der Waals surface area contributed by atoms with Gasteiger partial charge in [-0.2, -0.15) is 0 Å². The van der Waals surface area contributed by atoms with E-state index in [9.17, 15) is 9.59 Å². The molecule has 3 aromatic rings. The molecule has 0 saturated heterocycles. The summed E-state index contributed by atoms with van der Waals surface area (Å²) in [6.07, 6.45) is 1.65. The standard InChI is InChI=1S/C26H25N3O3/c1-4-32-22-10-8-19(9-11-22)23-24(28-21-14-17(2)13-18(3)15-21)26(31)29(25(23)30)16-20-7-5-6-12-27-20/h5-15,28H,4,16H2,1-3H3. The fourth-order valence-corrected chi connectivity index (χ4v) is 3.83. The summed E-state index contributed by atoms with van der Waals surface area (Å²) in [6.45, 7) is 6.56. The van der Waals surface area contributed by atoms with Crippen molar-refractivity contribution in [1.29, 1.82) is 0 Å². The molecule has 2 heterocycles. The average molecular weight is 428 g/mol. The normalized spacial score (nSPS) is 13.7. The predicted molar refractivity (Wildman–Crippen MR) is 124 cm³/mol. The molecule has 6 heteroatoms. The molecule has 2 amide bonds. The first-order valence-electron chi connectivity index (χ1n) is 10.5. The Morgan fingerprint density at radius 2 is 1.66 bits per heavy atom. The van der Waals surface area contributed by atoms with Crippen LogP contribution in [0.5, 0.6) is 5.75 Å². The molecule has 1 aliphatic rings. The molecule has 32 heavy (non-hydrogen) atoms. The smallest absolute Gasteiger partial charge is 0.278 e. The predicted octanol–water partition coefficient (Wildman–Crippen LogP) is 4.49. The molecule has 0 aliphatic carbocycles. The molecule has 1 aromatic heterocycles. The third-order valence-electron chi connectivity index (χ3n) is 5.16. The van der Waals surface area contributed by atoms with Gasteiger partial charge in [0.15, 0.2) is 0 Å². The Balaban J connectivity index is 1.74.